The average Bonchev–Trinajstić information content (AvgIpc) is 3.06. The van der Waals surface area contributed by atoms with E-state index in [4.69, 9.17) is 0 Å². The van der Waals surface area contributed by atoms with Crippen molar-refractivity contribution in [2.24, 2.45) is 7.05 Å². The zero-order chi connectivity index (χ0) is 15.7. The number of hydrogen-bond donors (Lipinski definition) is 0. The number of aromatic nitrogens is 1. The number of hydrogen-bond acceptors (Lipinski definition) is 1. The Hall–Kier alpha value is -2.19. The van der Waals surface area contributed by atoms with Crippen molar-refractivity contribution in [3.63, 3.8) is 0 Å². The molecule has 0 atom stereocenters. The topological polar surface area (TPSA) is 3.88 Å². The van der Waals surface area contributed by atoms with Gasteiger partial charge >= 0.3 is 0 Å². The highest BCUT2D eigenvalue weighted by Gasteiger charge is 2.25. The van der Waals surface area contributed by atoms with Crippen molar-refractivity contribution in [3.05, 3.63) is 64.8 Å². The Balaban J connectivity index is 1.95. The maximum Gasteiger partial charge on any atom is 0.231 e. The summed E-state index contributed by atoms with van der Waals surface area (Å²) in [5, 5.41) is 1.44. The van der Waals surface area contributed by atoms with Gasteiger partial charge in [-0.3, -0.25) is 0 Å². The van der Waals surface area contributed by atoms with Crippen LogP contribution in [-0.4, -0.2) is 0 Å². The lowest BCUT2D eigenvalue weighted by Gasteiger charge is -2.06. The van der Waals surface area contributed by atoms with Gasteiger partial charge < -0.3 is 0 Å². The van der Waals surface area contributed by atoms with Crippen LogP contribution < -0.4 is 4.57 Å². The predicted octanol–water partition coefficient (Wildman–Crippen LogP) is 5.07. The summed E-state index contributed by atoms with van der Waals surface area (Å²) < 4.78 is 5.10. The molecule has 0 saturated carbocycles. The molecule has 2 heterocycles. The highest BCUT2D eigenvalue weighted by molar-refractivity contribution is 7.25. The molecule has 0 unspecified atom stereocenters. The van der Waals surface area contributed by atoms with E-state index in [2.05, 4.69) is 68.1 Å². The molecule has 4 aromatic rings. The standard InChI is InChI=1S/C21H18NS/c1-12-8-19-21(22(3)11-12)20-13(2)16-9-14-6-4-5-7-15(14)17(16)10-18(20)23-19/h4-8,10-11H,9H2,1-3H3/q+1. The molecule has 0 spiro atoms. The van der Waals surface area contributed by atoms with E-state index in [-0.39, 0.29) is 0 Å². The number of aryl methyl sites for hydroxylation is 3. The second-order valence-corrected chi connectivity index (χ2v) is 7.76. The van der Waals surface area contributed by atoms with Gasteiger partial charge in [0.1, 0.15) is 11.7 Å². The molecule has 5 rings (SSSR count). The van der Waals surface area contributed by atoms with Crippen LogP contribution in [0.1, 0.15) is 22.3 Å². The monoisotopic (exact) mass is 316 g/mol. The van der Waals surface area contributed by atoms with E-state index in [0.717, 1.165) is 6.42 Å². The first-order valence-corrected chi connectivity index (χ1v) is 8.88. The van der Waals surface area contributed by atoms with Crippen LogP contribution in [0.2, 0.25) is 0 Å². The molecule has 0 N–H and O–H groups in total. The molecule has 23 heavy (non-hydrogen) atoms. The Kier molecular flexibility index (Phi) is 2.55. The minimum Gasteiger partial charge on any atom is -0.200 e. The first-order chi connectivity index (χ1) is 11.1. The van der Waals surface area contributed by atoms with Gasteiger partial charge in [-0.25, -0.2) is 0 Å². The fraction of sp³-hybridized carbons (Fsp3) is 0.190. The Bertz CT molecular complexity index is 1120. The van der Waals surface area contributed by atoms with Gasteiger partial charge in [-0.1, -0.05) is 24.3 Å². The van der Waals surface area contributed by atoms with Gasteiger partial charge in [0.15, 0.2) is 6.20 Å². The Morgan fingerprint density at radius 3 is 2.70 bits per heavy atom. The van der Waals surface area contributed by atoms with Crippen LogP contribution in [0.3, 0.4) is 0 Å². The van der Waals surface area contributed by atoms with Gasteiger partial charge in [0.05, 0.1) is 5.39 Å². The molecule has 2 aromatic carbocycles. The fourth-order valence-electron chi connectivity index (χ4n) is 4.15. The minimum atomic E-state index is 1.07. The van der Waals surface area contributed by atoms with E-state index in [1.165, 1.54) is 53.7 Å². The SMILES string of the molecule is Cc1cc2sc3cc4c(c(C)c3c2[n+](C)c1)Cc1ccccc1-4. The van der Waals surface area contributed by atoms with Crippen molar-refractivity contribution in [1.82, 2.24) is 0 Å². The van der Waals surface area contributed by atoms with E-state index in [9.17, 15) is 0 Å². The van der Waals surface area contributed by atoms with E-state index in [0.29, 0.717) is 0 Å². The number of pyridine rings is 1. The molecule has 1 aliphatic rings. The Morgan fingerprint density at radius 1 is 1.00 bits per heavy atom. The molecular formula is C21H18NS+. The summed E-state index contributed by atoms with van der Waals surface area (Å²) >= 11 is 1.92. The summed E-state index contributed by atoms with van der Waals surface area (Å²) in [6, 6.07) is 13.6. The summed E-state index contributed by atoms with van der Waals surface area (Å²) in [5.74, 6) is 0. The molecule has 0 saturated heterocycles. The summed E-state index contributed by atoms with van der Waals surface area (Å²) in [6.07, 6.45) is 3.30. The normalized spacial score (nSPS) is 12.8. The van der Waals surface area contributed by atoms with E-state index < -0.39 is 0 Å². The number of nitrogens with zero attached hydrogens (tertiary/aromatic N) is 1. The average molecular weight is 316 g/mol. The Morgan fingerprint density at radius 2 is 1.83 bits per heavy atom. The van der Waals surface area contributed by atoms with E-state index in [1.54, 1.807) is 0 Å². The van der Waals surface area contributed by atoms with Crippen LogP contribution in [-0.2, 0) is 13.5 Å². The summed E-state index contributed by atoms with van der Waals surface area (Å²) in [6.45, 7) is 4.48. The number of fused-ring (bicyclic) bond motifs is 6. The minimum absolute atomic E-state index is 1.07. The van der Waals surface area contributed by atoms with Gasteiger partial charge in [-0.2, -0.15) is 4.57 Å². The summed E-state index contributed by atoms with van der Waals surface area (Å²) in [4.78, 5) is 0. The van der Waals surface area contributed by atoms with Crippen molar-refractivity contribution < 1.29 is 4.57 Å². The lowest BCUT2D eigenvalue weighted by atomic mass is 9.98. The van der Waals surface area contributed by atoms with Crippen LogP contribution in [0, 0.1) is 13.8 Å². The lowest BCUT2D eigenvalue weighted by molar-refractivity contribution is -0.644. The molecule has 0 radical (unpaired) electrons. The van der Waals surface area contributed by atoms with Crippen LogP contribution in [0.4, 0.5) is 0 Å². The third-order valence-electron chi connectivity index (χ3n) is 5.15. The summed E-state index contributed by atoms with van der Waals surface area (Å²) in [5.41, 5.74) is 10.0. The third-order valence-corrected chi connectivity index (χ3v) is 6.22. The molecule has 0 amide bonds. The quantitative estimate of drug-likeness (QED) is 0.351. The van der Waals surface area contributed by atoms with Crippen molar-refractivity contribution in [2.45, 2.75) is 20.3 Å². The number of thiophene rings is 1. The smallest absolute Gasteiger partial charge is 0.200 e. The van der Waals surface area contributed by atoms with Crippen molar-refractivity contribution >= 4 is 31.6 Å². The molecule has 2 aromatic heterocycles. The lowest BCUT2D eigenvalue weighted by Crippen LogP contribution is -2.28. The molecule has 1 aliphatic carbocycles. The van der Waals surface area contributed by atoms with Gasteiger partial charge in [-0.15, -0.1) is 11.3 Å². The molecule has 2 heteroatoms. The first-order valence-electron chi connectivity index (χ1n) is 8.07. The van der Waals surface area contributed by atoms with Gasteiger partial charge in [0, 0.05) is 10.3 Å². The second kappa shape index (κ2) is 4.42. The van der Waals surface area contributed by atoms with Crippen LogP contribution in [0.15, 0.2) is 42.6 Å². The zero-order valence-corrected chi connectivity index (χ0v) is 14.4. The van der Waals surface area contributed by atoms with Crippen LogP contribution >= 0.6 is 11.3 Å². The molecule has 0 aliphatic heterocycles. The van der Waals surface area contributed by atoms with Crippen molar-refractivity contribution in [1.29, 1.82) is 0 Å². The highest BCUT2D eigenvalue weighted by Crippen LogP contribution is 2.44. The van der Waals surface area contributed by atoms with E-state index >= 15 is 0 Å². The first kappa shape index (κ1) is 13.3. The zero-order valence-electron chi connectivity index (χ0n) is 13.6. The van der Waals surface area contributed by atoms with Gasteiger partial charge in [0.25, 0.3) is 0 Å². The Labute approximate surface area is 139 Å². The third kappa shape index (κ3) is 1.70. The molecule has 1 nitrogen and oxygen atoms in total. The molecule has 0 fully saturated rings. The fourth-order valence-corrected chi connectivity index (χ4v) is 5.50. The predicted molar refractivity (Wildman–Crippen MR) is 98.2 cm³/mol. The molecule has 112 valence electrons. The van der Waals surface area contributed by atoms with Crippen molar-refractivity contribution in [3.8, 4) is 11.1 Å². The van der Waals surface area contributed by atoms with Crippen molar-refractivity contribution in [2.75, 3.05) is 0 Å². The van der Waals surface area contributed by atoms with Gasteiger partial charge in [0.2, 0.25) is 5.52 Å². The van der Waals surface area contributed by atoms with Gasteiger partial charge in [-0.05, 0) is 60.2 Å². The van der Waals surface area contributed by atoms with Crippen LogP contribution in [0.5, 0.6) is 0 Å². The van der Waals surface area contributed by atoms with E-state index in [1.807, 2.05) is 11.3 Å². The summed E-state index contributed by atoms with van der Waals surface area (Å²) in [7, 11) is 2.17. The maximum absolute atomic E-state index is 2.42. The number of rotatable bonds is 0. The molecular weight excluding hydrogens is 298 g/mol. The largest absolute Gasteiger partial charge is 0.231 e. The highest BCUT2D eigenvalue weighted by atomic mass is 32.1. The molecule has 0 bridgehead atoms. The second-order valence-electron chi connectivity index (χ2n) is 6.68. The van der Waals surface area contributed by atoms with Crippen LogP contribution in [0.25, 0.3) is 31.4 Å². The number of benzene rings is 2. The maximum atomic E-state index is 2.42.